The molecular formula is C14H17N3O6S. The number of rotatable bonds is 6. The van der Waals surface area contributed by atoms with Gasteiger partial charge in [0.25, 0.3) is 5.89 Å². The molecule has 130 valence electrons. The van der Waals surface area contributed by atoms with E-state index in [2.05, 4.69) is 15.1 Å². The molecule has 2 rings (SSSR count). The number of aromatic hydroxyl groups is 1. The number of hydrogen-bond acceptors (Lipinski definition) is 9. The van der Waals surface area contributed by atoms with Gasteiger partial charge in [0.1, 0.15) is 33.0 Å². The number of aryl methyl sites for hydroxylation is 2. The largest absolute Gasteiger partial charge is 0.507 e. The van der Waals surface area contributed by atoms with Crippen LogP contribution in [-0.2, 0) is 9.84 Å². The molecular weight excluding hydrogens is 338 g/mol. The summed E-state index contributed by atoms with van der Waals surface area (Å²) in [6, 6.07) is 0.520. The summed E-state index contributed by atoms with van der Waals surface area (Å²) in [6.45, 7) is 3.14. The van der Waals surface area contributed by atoms with Gasteiger partial charge in [0.15, 0.2) is 5.82 Å². The van der Waals surface area contributed by atoms with Crippen molar-refractivity contribution in [3.63, 3.8) is 0 Å². The first-order valence-corrected chi connectivity index (χ1v) is 9.06. The Balaban J connectivity index is 2.33. The topological polar surface area (TPSA) is 136 Å². The van der Waals surface area contributed by atoms with E-state index in [4.69, 9.17) is 8.94 Å². The lowest BCUT2D eigenvalue weighted by Crippen LogP contribution is -2.10. The van der Waals surface area contributed by atoms with E-state index < -0.39 is 21.5 Å². The summed E-state index contributed by atoms with van der Waals surface area (Å²) >= 11 is 0. The van der Waals surface area contributed by atoms with Gasteiger partial charge in [-0.15, -0.1) is 0 Å². The Labute approximate surface area is 138 Å². The lowest BCUT2D eigenvalue weighted by molar-refractivity contribution is 0.350. The average molecular weight is 355 g/mol. The predicted octanol–water partition coefficient (Wildman–Crippen LogP) is 0.940. The van der Waals surface area contributed by atoms with Crippen molar-refractivity contribution in [2.24, 2.45) is 4.99 Å². The molecule has 2 heterocycles. The van der Waals surface area contributed by atoms with Gasteiger partial charge in [-0.3, -0.25) is 4.99 Å². The van der Waals surface area contributed by atoms with E-state index in [1.54, 1.807) is 6.92 Å². The minimum Gasteiger partial charge on any atom is -0.507 e. The first-order chi connectivity index (χ1) is 11.2. The molecule has 0 bridgehead atoms. The maximum absolute atomic E-state index is 11.8. The van der Waals surface area contributed by atoms with Gasteiger partial charge >= 0.3 is 5.63 Å². The van der Waals surface area contributed by atoms with E-state index in [9.17, 15) is 18.3 Å². The van der Waals surface area contributed by atoms with Gasteiger partial charge in [-0.1, -0.05) is 5.16 Å². The molecule has 9 nitrogen and oxygen atoms in total. The second-order valence-electron chi connectivity index (χ2n) is 5.34. The average Bonchev–Trinajstić information content (AvgIpc) is 2.86. The van der Waals surface area contributed by atoms with E-state index >= 15 is 0 Å². The molecule has 10 heteroatoms. The van der Waals surface area contributed by atoms with Crippen LogP contribution in [0.5, 0.6) is 5.75 Å². The molecule has 0 aliphatic carbocycles. The van der Waals surface area contributed by atoms with Crippen LogP contribution in [0.3, 0.4) is 0 Å². The fourth-order valence-electron chi connectivity index (χ4n) is 1.92. The van der Waals surface area contributed by atoms with Crippen molar-refractivity contribution in [2.75, 3.05) is 12.0 Å². The highest BCUT2D eigenvalue weighted by atomic mass is 32.2. The molecule has 2 aromatic heterocycles. The molecule has 0 aliphatic heterocycles. The van der Waals surface area contributed by atoms with E-state index in [-0.39, 0.29) is 35.1 Å². The number of aromatic nitrogens is 2. The quantitative estimate of drug-likeness (QED) is 0.756. The smallest absolute Gasteiger partial charge is 0.348 e. The van der Waals surface area contributed by atoms with Gasteiger partial charge in [0.2, 0.25) is 0 Å². The molecule has 0 aliphatic rings. The van der Waals surface area contributed by atoms with Crippen molar-refractivity contribution in [1.29, 1.82) is 0 Å². The van der Waals surface area contributed by atoms with Crippen LogP contribution in [0.25, 0.3) is 0 Å². The fourth-order valence-corrected chi connectivity index (χ4v) is 2.58. The highest BCUT2D eigenvalue weighted by Crippen LogP contribution is 2.21. The Morgan fingerprint density at radius 1 is 1.42 bits per heavy atom. The summed E-state index contributed by atoms with van der Waals surface area (Å²) in [4.78, 5) is 19.9. The van der Waals surface area contributed by atoms with Gasteiger partial charge in [-0.05, 0) is 20.3 Å². The number of aliphatic imine (C=N–C) groups is 1. The monoisotopic (exact) mass is 355 g/mol. The molecule has 1 N–H and O–H groups in total. The summed E-state index contributed by atoms with van der Waals surface area (Å²) in [5.41, 5.74) is -0.888. The van der Waals surface area contributed by atoms with Crippen LogP contribution in [-0.4, -0.2) is 41.9 Å². The van der Waals surface area contributed by atoms with Gasteiger partial charge in [-0.2, -0.15) is 4.98 Å². The third-order valence-corrected chi connectivity index (χ3v) is 4.04. The normalized spacial score (nSPS) is 13.5. The number of hydrogen-bond donors (Lipinski definition) is 1. The minimum absolute atomic E-state index is 0.0922. The van der Waals surface area contributed by atoms with E-state index in [0.717, 1.165) is 12.5 Å². The Kier molecular flexibility index (Phi) is 5.17. The number of nitrogens with zero attached hydrogens (tertiary/aromatic N) is 3. The molecule has 0 amide bonds. The van der Waals surface area contributed by atoms with Crippen LogP contribution >= 0.6 is 0 Å². The molecule has 1 unspecified atom stereocenters. The van der Waals surface area contributed by atoms with Gasteiger partial charge in [-0.25, -0.2) is 13.2 Å². The molecule has 2 aromatic rings. The van der Waals surface area contributed by atoms with Crippen LogP contribution in [0.4, 0.5) is 0 Å². The SMILES string of the molecule is Cc1noc(C(CCS(C)(=O)=O)N=Cc2c(O)cc(C)oc2=O)n1. The zero-order chi connectivity index (χ0) is 17.9. The Bertz CT molecular complexity index is 913. The molecule has 0 fully saturated rings. The van der Waals surface area contributed by atoms with Crippen LogP contribution in [0.2, 0.25) is 0 Å². The molecule has 0 aromatic carbocycles. The Hall–Kier alpha value is -2.49. The third kappa shape index (κ3) is 4.75. The molecule has 0 spiro atoms. The maximum Gasteiger partial charge on any atom is 0.348 e. The van der Waals surface area contributed by atoms with Gasteiger partial charge in [0.05, 0.1) is 5.75 Å². The standard InChI is InChI=1S/C14H17N3O6S/c1-8-6-12(18)10(14(19)22-8)7-15-11(4-5-24(3,20)21)13-16-9(2)17-23-13/h6-7,11,18H,4-5H2,1-3H3. The van der Waals surface area contributed by atoms with E-state index in [0.29, 0.717) is 5.82 Å². The minimum atomic E-state index is -3.22. The van der Waals surface area contributed by atoms with Crippen molar-refractivity contribution in [3.05, 3.63) is 39.5 Å². The summed E-state index contributed by atoms with van der Waals surface area (Å²) in [6.07, 6.45) is 2.31. The maximum atomic E-state index is 11.8. The summed E-state index contributed by atoms with van der Waals surface area (Å²) in [7, 11) is -3.22. The summed E-state index contributed by atoms with van der Waals surface area (Å²) < 4.78 is 32.7. The first-order valence-electron chi connectivity index (χ1n) is 7.00. The van der Waals surface area contributed by atoms with Crippen molar-refractivity contribution < 1.29 is 22.5 Å². The van der Waals surface area contributed by atoms with Crippen molar-refractivity contribution in [3.8, 4) is 5.75 Å². The highest BCUT2D eigenvalue weighted by molar-refractivity contribution is 7.90. The van der Waals surface area contributed by atoms with Crippen molar-refractivity contribution in [2.45, 2.75) is 26.3 Å². The third-order valence-electron chi connectivity index (χ3n) is 3.06. The van der Waals surface area contributed by atoms with E-state index in [1.165, 1.54) is 13.0 Å². The van der Waals surface area contributed by atoms with Gasteiger partial charge < -0.3 is 14.0 Å². The van der Waals surface area contributed by atoms with Crippen LogP contribution < -0.4 is 5.63 Å². The second-order valence-corrected chi connectivity index (χ2v) is 7.60. The van der Waals surface area contributed by atoms with Crippen LogP contribution in [0.1, 0.15) is 35.5 Å². The van der Waals surface area contributed by atoms with E-state index in [1.807, 2.05) is 0 Å². The lowest BCUT2D eigenvalue weighted by Gasteiger charge is -2.07. The van der Waals surface area contributed by atoms with Gasteiger partial charge in [0, 0.05) is 18.5 Å². The molecule has 0 saturated heterocycles. The molecule has 24 heavy (non-hydrogen) atoms. The first kappa shape index (κ1) is 17.9. The number of sulfone groups is 1. The fraction of sp³-hybridized carbons (Fsp3) is 0.429. The van der Waals surface area contributed by atoms with Crippen molar-refractivity contribution >= 4 is 16.1 Å². The predicted molar refractivity (Wildman–Crippen MR) is 85.1 cm³/mol. The summed E-state index contributed by atoms with van der Waals surface area (Å²) in [5, 5.41) is 13.5. The molecule has 1 atom stereocenters. The second kappa shape index (κ2) is 6.95. The van der Waals surface area contributed by atoms with Crippen LogP contribution in [0.15, 0.2) is 24.8 Å². The highest BCUT2D eigenvalue weighted by Gasteiger charge is 2.19. The van der Waals surface area contributed by atoms with Crippen LogP contribution in [0, 0.1) is 13.8 Å². The zero-order valence-electron chi connectivity index (χ0n) is 13.4. The molecule has 0 saturated carbocycles. The van der Waals surface area contributed by atoms with Crippen molar-refractivity contribution in [1.82, 2.24) is 10.1 Å². The zero-order valence-corrected chi connectivity index (χ0v) is 14.2. The Morgan fingerprint density at radius 3 is 2.67 bits per heavy atom. The summed E-state index contributed by atoms with van der Waals surface area (Å²) in [5.74, 6) is 0.336. The molecule has 0 radical (unpaired) electrons. The lowest BCUT2D eigenvalue weighted by atomic mass is 10.2. The Morgan fingerprint density at radius 2 is 2.12 bits per heavy atom.